The quantitative estimate of drug-likeness (QED) is 0.667. The number of hydrogen-bond donors (Lipinski definition) is 1. The second-order valence-corrected chi connectivity index (χ2v) is 5.60. The first-order valence-electron chi connectivity index (χ1n) is 8.38. The molecule has 3 heteroatoms. The van der Waals surface area contributed by atoms with Gasteiger partial charge in [-0.15, -0.1) is 0 Å². The van der Waals surface area contributed by atoms with Crippen molar-refractivity contribution in [2.45, 2.75) is 32.7 Å². The molecule has 0 saturated carbocycles. The largest absolute Gasteiger partial charge is 0.493 e. The number of hydrogen-bond acceptors (Lipinski definition) is 3. The Morgan fingerprint density at radius 1 is 0.957 bits per heavy atom. The summed E-state index contributed by atoms with van der Waals surface area (Å²) in [6, 6.07) is 16.7. The molecule has 0 amide bonds. The topological polar surface area (TPSA) is 30.5 Å². The summed E-state index contributed by atoms with van der Waals surface area (Å²) >= 11 is 0. The minimum atomic E-state index is 0.738. The van der Waals surface area contributed by atoms with Gasteiger partial charge in [0.05, 0.1) is 13.7 Å². The maximum Gasteiger partial charge on any atom is 0.161 e. The summed E-state index contributed by atoms with van der Waals surface area (Å²) in [6.07, 6.45) is 3.23. The van der Waals surface area contributed by atoms with Gasteiger partial charge in [0.15, 0.2) is 11.5 Å². The van der Waals surface area contributed by atoms with Gasteiger partial charge in [0.25, 0.3) is 0 Å². The van der Waals surface area contributed by atoms with Crippen molar-refractivity contribution in [2.75, 3.05) is 20.3 Å². The Kier molecular flexibility index (Phi) is 7.47. The van der Waals surface area contributed by atoms with Crippen molar-refractivity contribution in [3.05, 3.63) is 59.7 Å². The molecule has 0 aliphatic heterocycles. The Bertz CT molecular complexity index is 569. The predicted octanol–water partition coefficient (Wildman–Crippen LogP) is 4.21. The van der Waals surface area contributed by atoms with Crippen LogP contribution in [0.2, 0.25) is 0 Å². The van der Waals surface area contributed by atoms with E-state index in [9.17, 15) is 0 Å². The molecule has 0 aromatic heterocycles. The van der Waals surface area contributed by atoms with Crippen LogP contribution in [-0.2, 0) is 13.0 Å². The Hall–Kier alpha value is -2.00. The van der Waals surface area contributed by atoms with Crippen LogP contribution >= 0.6 is 0 Å². The minimum absolute atomic E-state index is 0.738. The number of ether oxygens (including phenoxy) is 2. The van der Waals surface area contributed by atoms with Crippen LogP contribution in [0, 0.1) is 0 Å². The summed E-state index contributed by atoms with van der Waals surface area (Å²) < 4.78 is 11.2. The highest BCUT2D eigenvalue weighted by atomic mass is 16.5. The van der Waals surface area contributed by atoms with Crippen LogP contribution in [0.3, 0.4) is 0 Å². The lowest BCUT2D eigenvalue weighted by molar-refractivity contribution is 0.288. The number of rotatable bonds is 10. The lowest BCUT2D eigenvalue weighted by Crippen LogP contribution is -2.16. The highest BCUT2D eigenvalue weighted by Crippen LogP contribution is 2.28. The van der Waals surface area contributed by atoms with E-state index in [0.717, 1.165) is 50.5 Å². The fourth-order valence-electron chi connectivity index (χ4n) is 2.38. The predicted molar refractivity (Wildman–Crippen MR) is 95.2 cm³/mol. The Balaban J connectivity index is 1.80. The molecule has 124 valence electrons. The van der Waals surface area contributed by atoms with Crippen LogP contribution in [0.4, 0.5) is 0 Å². The van der Waals surface area contributed by atoms with Crippen LogP contribution in [0.5, 0.6) is 11.5 Å². The van der Waals surface area contributed by atoms with Gasteiger partial charge >= 0.3 is 0 Å². The third kappa shape index (κ3) is 5.95. The molecular formula is C20H27NO2. The Morgan fingerprint density at radius 2 is 1.78 bits per heavy atom. The number of benzene rings is 2. The van der Waals surface area contributed by atoms with E-state index in [1.165, 1.54) is 11.1 Å². The first kappa shape index (κ1) is 17.4. The molecule has 0 spiro atoms. The standard InChI is InChI=1S/C20H27NO2/c1-3-4-14-23-19-11-10-18(15-20(19)22-2)16-21-13-12-17-8-6-5-7-9-17/h5-11,15,21H,3-4,12-14,16H2,1-2H3. The van der Waals surface area contributed by atoms with Gasteiger partial charge < -0.3 is 14.8 Å². The zero-order chi connectivity index (χ0) is 16.3. The molecule has 0 fully saturated rings. The number of methoxy groups -OCH3 is 1. The molecule has 2 rings (SSSR count). The van der Waals surface area contributed by atoms with Gasteiger partial charge in [-0.1, -0.05) is 49.7 Å². The van der Waals surface area contributed by atoms with E-state index in [1.807, 2.05) is 12.1 Å². The first-order chi connectivity index (χ1) is 11.3. The fourth-order valence-corrected chi connectivity index (χ4v) is 2.38. The highest BCUT2D eigenvalue weighted by Gasteiger charge is 2.05. The third-order valence-corrected chi connectivity index (χ3v) is 3.75. The summed E-state index contributed by atoms with van der Waals surface area (Å²) in [5.74, 6) is 1.64. The molecule has 1 N–H and O–H groups in total. The summed E-state index contributed by atoms with van der Waals surface area (Å²) in [6.45, 7) is 4.69. The molecule has 0 aliphatic rings. The molecule has 0 unspecified atom stereocenters. The summed E-state index contributed by atoms with van der Waals surface area (Å²) in [4.78, 5) is 0. The van der Waals surface area contributed by atoms with Crippen LogP contribution in [0.25, 0.3) is 0 Å². The number of nitrogens with one attached hydrogen (secondary N) is 1. The van der Waals surface area contributed by atoms with E-state index >= 15 is 0 Å². The molecule has 0 aliphatic carbocycles. The van der Waals surface area contributed by atoms with Crippen LogP contribution in [0.1, 0.15) is 30.9 Å². The molecule has 23 heavy (non-hydrogen) atoms. The molecule has 0 heterocycles. The summed E-state index contributed by atoms with van der Waals surface area (Å²) in [5.41, 5.74) is 2.56. The second kappa shape index (κ2) is 9.90. The van der Waals surface area contributed by atoms with Gasteiger partial charge in [-0.05, 0) is 42.6 Å². The average molecular weight is 313 g/mol. The monoisotopic (exact) mass is 313 g/mol. The summed E-state index contributed by atoms with van der Waals surface area (Å²) in [7, 11) is 1.69. The normalized spacial score (nSPS) is 10.5. The molecule has 3 nitrogen and oxygen atoms in total. The molecule has 2 aromatic rings. The molecule has 0 atom stereocenters. The third-order valence-electron chi connectivity index (χ3n) is 3.75. The molecule has 2 aromatic carbocycles. The van der Waals surface area contributed by atoms with E-state index < -0.39 is 0 Å². The zero-order valence-electron chi connectivity index (χ0n) is 14.2. The van der Waals surface area contributed by atoms with Gasteiger partial charge in [-0.3, -0.25) is 0 Å². The maximum atomic E-state index is 5.76. The lowest BCUT2D eigenvalue weighted by atomic mass is 10.1. The molecule has 0 saturated heterocycles. The SMILES string of the molecule is CCCCOc1ccc(CNCCc2ccccc2)cc1OC. The average Bonchev–Trinajstić information content (AvgIpc) is 2.60. The van der Waals surface area contributed by atoms with Crippen molar-refractivity contribution in [1.29, 1.82) is 0 Å². The van der Waals surface area contributed by atoms with Crippen molar-refractivity contribution in [3.63, 3.8) is 0 Å². The maximum absolute atomic E-state index is 5.76. The van der Waals surface area contributed by atoms with Crippen LogP contribution < -0.4 is 14.8 Å². The van der Waals surface area contributed by atoms with Crippen molar-refractivity contribution in [1.82, 2.24) is 5.32 Å². The highest BCUT2D eigenvalue weighted by molar-refractivity contribution is 5.42. The van der Waals surface area contributed by atoms with Gasteiger partial charge in [0.1, 0.15) is 0 Å². The van der Waals surface area contributed by atoms with E-state index in [-0.39, 0.29) is 0 Å². The van der Waals surface area contributed by atoms with Gasteiger partial charge in [0.2, 0.25) is 0 Å². The Morgan fingerprint density at radius 3 is 2.52 bits per heavy atom. The van der Waals surface area contributed by atoms with Gasteiger partial charge in [-0.25, -0.2) is 0 Å². The van der Waals surface area contributed by atoms with Gasteiger partial charge in [0, 0.05) is 6.54 Å². The summed E-state index contributed by atoms with van der Waals surface area (Å²) in [5, 5.41) is 3.48. The van der Waals surface area contributed by atoms with E-state index in [2.05, 4.69) is 48.6 Å². The lowest BCUT2D eigenvalue weighted by Gasteiger charge is -2.12. The molecule has 0 bridgehead atoms. The van der Waals surface area contributed by atoms with E-state index in [0.29, 0.717) is 0 Å². The first-order valence-corrected chi connectivity index (χ1v) is 8.38. The van der Waals surface area contributed by atoms with Crippen molar-refractivity contribution < 1.29 is 9.47 Å². The zero-order valence-corrected chi connectivity index (χ0v) is 14.2. The van der Waals surface area contributed by atoms with Crippen molar-refractivity contribution in [2.24, 2.45) is 0 Å². The fraction of sp³-hybridized carbons (Fsp3) is 0.400. The Labute approximate surface area is 139 Å². The van der Waals surface area contributed by atoms with Crippen LogP contribution in [0.15, 0.2) is 48.5 Å². The van der Waals surface area contributed by atoms with E-state index in [1.54, 1.807) is 7.11 Å². The smallest absolute Gasteiger partial charge is 0.161 e. The second-order valence-electron chi connectivity index (χ2n) is 5.60. The molecule has 0 radical (unpaired) electrons. The van der Waals surface area contributed by atoms with Crippen molar-refractivity contribution >= 4 is 0 Å². The van der Waals surface area contributed by atoms with E-state index in [4.69, 9.17) is 9.47 Å². The van der Waals surface area contributed by atoms with Crippen molar-refractivity contribution in [3.8, 4) is 11.5 Å². The minimum Gasteiger partial charge on any atom is -0.493 e. The van der Waals surface area contributed by atoms with Crippen LogP contribution in [-0.4, -0.2) is 20.3 Å². The molecular weight excluding hydrogens is 286 g/mol. The van der Waals surface area contributed by atoms with Gasteiger partial charge in [-0.2, -0.15) is 0 Å². The number of unbranched alkanes of at least 4 members (excludes halogenated alkanes) is 1.